The van der Waals surface area contributed by atoms with Gasteiger partial charge < -0.3 is 9.47 Å². The van der Waals surface area contributed by atoms with Crippen LogP contribution in [0.4, 0.5) is 0 Å². The van der Waals surface area contributed by atoms with Gasteiger partial charge in [0.1, 0.15) is 10.8 Å². The van der Waals surface area contributed by atoms with Gasteiger partial charge in [0.25, 0.3) is 5.91 Å². The van der Waals surface area contributed by atoms with Gasteiger partial charge in [-0.05, 0) is 41.5 Å². The zero-order valence-corrected chi connectivity index (χ0v) is 18.1. The maximum Gasteiger partial charge on any atom is 0.289 e. The molecule has 0 bridgehead atoms. The highest BCUT2D eigenvalue weighted by atomic mass is 35.5. The largest absolute Gasteiger partial charge is 0.454 e. The van der Waals surface area contributed by atoms with E-state index in [0.29, 0.717) is 34.6 Å². The molecule has 1 amide bonds. The van der Waals surface area contributed by atoms with E-state index >= 15 is 0 Å². The molecule has 9 heteroatoms. The van der Waals surface area contributed by atoms with Gasteiger partial charge in [-0.3, -0.25) is 9.48 Å². The third-order valence-electron chi connectivity index (χ3n) is 4.98. The van der Waals surface area contributed by atoms with Crippen molar-refractivity contribution in [1.29, 1.82) is 0 Å². The Balaban J connectivity index is 1.38. The minimum absolute atomic E-state index is 0.198. The number of hydrogen-bond donors (Lipinski definition) is 1. The smallest absolute Gasteiger partial charge is 0.289 e. The number of carbonyl (C=O) groups is 1. The number of fused-ring (bicyclic) bond motifs is 1. The van der Waals surface area contributed by atoms with Gasteiger partial charge in [-0.1, -0.05) is 48.0 Å². The molecule has 2 aromatic carbocycles. The van der Waals surface area contributed by atoms with E-state index in [2.05, 4.69) is 20.6 Å². The maximum absolute atomic E-state index is 13.0. The number of halogens is 1. The maximum atomic E-state index is 13.0. The van der Waals surface area contributed by atoms with Crippen LogP contribution >= 0.6 is 11.6 Å². The number of ether oxygens (including phenoxy) is 2. The SMILES string of the molecule is O=C(N/N=C/c1ccc2c(c1)OCO2)c1cc(-c2ccccc2)nn1Cc1ccc(Cl)nc1. The van der Waals surface area contributed by atoms with Crippen LogP contribution in [0.2, 0.25) is 5.15 Å². The Morgan fingerprint density at radius 2 is 1.94 bits per heavy atom. The van der Waals surface area contributed by atoms with Crippen molar-refractivity contribution in [3.63, 3.8) is 0 Å². The van der Waals surface area contributed by atoms with Gasteiger partial charge >= 0.3 is 0 Å². The first-order valence-electron chi connectivity index (χ1n) is 10.1. The Labute approximate surface area is 194 Å². The van der Waals surface area contributed by atoms with Crippen LogP contribution in [0.1, 0.15) is 21.6 Å². The van der Waals surface area contributed by atoms with Crippen LogP contribution in [0, 0.1) is 0 Å². The molecule has 8 nitrogen and oxygen atoms in total. The van der Waals surface area contributed by atoms with Crippen LogP contribution < -0.4 is 14.9 Å². The summed E-state index contributed by atoms with van der Waals surface area (Å²) in [5.74, 6) is 0.946. The van der Waals surface area contributed by atoms with Gasteiger partial charge in [-0.15, -0.1) is 0 Å². The molecule has 1 aliphatic heterocycles. The van der Waals surface area contributed by atoms with Crippen molar-refractivity contribution in [1.82, 2.24) is 20.2 Å². The average molecular weight is 460 g/mol. The van der Waals surface area contributed by atoms with E-state index in [9.17, 15) is 4.79 Å². The first kappa shape index (κ1) is 20.7. The summed E-state index contributed by atoms with van der Waals surface area (Å²) < 4.78 is 12.3. The number of hydrogen-bond acceptors (Lipinski definition) is 6. The summed E-state index contributed by atoms with van der Waals surface area (Å²) in [5.41, 5.74) is 6.16. The quantitative estimate of drug-likeness (QED) is 0.266. The molecule has 0 saturated carbocycles. The number of hydrazone groups is 1. The fourth-order valence-electron chi connectivity index (χ4n) is 3.36. The van der Waals surface area contributed by atoms with Crippen LogP contribution in [0.3, 0.4) is 0 Å². The van der Waals surface area contributed by atoms with Crippen molar-refractivity contribution in [2.45, 2.75) is 6.54 Å². The van der Waals surface area contributed by atoms with Gasteiger partial charge in [-0.2, -0.15) is 10.2 Å². The normalized spacial score (nSPS) is 12.3. The van der Waals surface area contributed by atoms with Crippen LogP contribution in [0.15, 0.2) is 78.0 Å². The van der Waals surface area contributed by atoms with Crippen LogP contribution in [-0.2, 0) is 6.54 Å². The predicted octanol–water partition coefficient (Wildman–Crippen LogP) is 4.14. The molecule has 2 aromatic heterocycles. The molecular formula is C24H18ClN5O3. The molecule has 0 radical (unpaired) electrons. The fraction of sp³-hybridized carbons (Fsp3) is 0.0833. The molecule has 0 spiro atoms. The zero-order chi connectivity index (χ0) is 22.6. The minimum Gasteiger partial charge on any atom is -0.454 e. The van der Waals surface area contributed by atoms with Crippen molar-refractivity contribution in [2.75, 3.05) is 6.79 Å². The second-order valence-electron chi connectivity index (χ2n) is 7.24. The molecule has 33 heavy (non-hydrogen) atoms. The van der Waals surface area contributed by atoms with Crippen LogP contribution in [-0.4, -0.2) is 33.7 Å². The molecule has 0 fully saturated rings. The summed E-state index contributed by atoms with van der Waals surface area (Å²) in [4.78, 5) is 17.1. The van der Waals surface area contributed by atoms with Crippen LogP contribution in [0.25, 0.3) is 11.3 Å². The highest BCUT2D eigenvalue weighted by Crippen LogP contribution is 2.32. The molecule has 0 aliphatic carbocycles. The summed E-state index contributed by atoms with van der Waals surface area (Å²) in [7, 11) is 0. The van der Waals surface area contributed by atoms with Gasteiger partial charge in [0, 0.05) is 11.8 Å². The summed E-state index contributed by atoms with van der Waals surface area (Å²) in [6.07, 6.45) is 3.20. The van der Waals surface area contributed by atoms with Crippen LogP contribution in [0.5, 0.6) is 11.5 Å². The summed E-state index contributed by atoms with van der Waals surface area (Å²) in [6, 6.07) is 20.4. The van der Waals surface area contributed by atoms with E-state index in [4.69, 9.17) is 21.1 Å². The van der Waals surface area contributed by atoms with Crippen molar-refractivity contribution in [2.24, 2.45) is 5.10 Å². The standard InChI is InChI=1S/C24H18ClN5O3/c25-23-9-7-17(12-26-23)14-30-20(11-19(29-30)18-4-2-1-3-5-18)24(31)28-27-13-16-6-8-21-22(10-16)33-15-32-21/h1-13H,14-15H2,(H,28,31)/b27-13+. The Bertz CT molecular complexity index is 1320. The molecule has 164 valence electrons. The highest BCUT2D eigenvalue weighted by Gasteiger charge is 2.17. The Hall–Kier alpha value is -4.17. The monoisotopic (exact) mass is 459 g/mol. The number of pyridine rings is 1. The molecule has 0 atom stereocenters. The lowest BCUT2D eigenvalue weighted by molar-refractivity contribution is 0.0945. The van der Waals surface area contributed by atoms with Crippen molar-refractivity contribution >= 4 is 23.7 Å². The number of amides is 1. The molecule has 5 rings (SSSR count). The first-order valence-corrected chi connectivity index (χ1v) is 10.5. The molecule has 0 unspecified atom stereocenters. The second-order valence-corrected chi connectivity index (χ2v) is 7.63. The van der Waals surface area contributed by atoms with Gasteiger partial charge in [0.15, 0.2) is 11.5 Å². The number of carbonyl (C=O) groups excluding carboxylic acids is 1. The minimum atomic E-state index is -0.386. The van der Waals surface area contributed by atoms with E-state index < -0.39 is 0 Å². The van der Waals surface area contributed by atoms with E-state index in [1.165, 1.54) is 0 Å². The lowest BCUT2D eigenvalue weighted by Gasteiger charge is -2.06. The number of nitrogens with zero attached hydrogens (tertiary/aromatic N) is 4. The molecular weight excluding hydrogens is 442 g/mol. The molecule has 1 aliphatic rings. The molecule has 3 heterocycles. The van der Waals surface area contributed by atoms with E-state index in [0.717, 1.165) is 16.7 Å². The number of rotatable bonds is 6. The van der Waals surface area contributed by atoms with Crippen molar-refractivity contribution < 1.29 is 14.3 Å². The lowest BCUT2D eigenvalue weighted by Crippen LogP contribution is -2.22. The first-order chi connectivity index (χ1) is 16.2. The highest BCUT2D eigenvalue weighted by molar-refractivity contribution is 6.29. The number of nitrogens with one attached hydrogen (secondary N) is 1. The molecule has 0 saturated heterocycles. The third kappa shape index (κ3) is 4.70. The van der Waals surface area contributed by atoms with E-state index in [1.807, 2.05) is 42.5 Å². The van der Waals surface area contributed by atoms with Gasteiger partial charge in [0.05, 0.1) is 18.5 Å². The number of benzene rings is 2. The molecule has 1 N–H and O–H groups in total. The Kier molecular flexibility index (Phi) is 5.73. The van der Waals surface area contributed by atoms with Crippen molar-refractivity contribution in [3.05, 3.63) is 94.9 Å². The Morgan fingerprint density at radius 3 is 2.76 bits per heavy atom. The second kappa shape index (κ2) is 9.13. The van der Waals surface area contributed by atoms with Gasteiger partial charge in [-0.25, -0.2) is 10.4 Å². The topological polar surface area (TPSA) is 90.6 Å². The predicted molar refractivity (Wildman–Crippen MR) is 124 cm³/mol. The zero-order valence-electron chi connectivity index (χ0n) is 17.3. The van der Waals surface area contributed by atoms with E-state index in [1.54, 1.807) is 41.4 Å². The summed E-state index contributed by atoms with van der Waals surface area (Å²) >= 11 is 5.89. The fourth-order valence-corrected chi connectivity index (χ4v) is 3.47. The molecule has 4 aromatic rings. The average Bonchev–Trinajstić information content (AvgIpc) is 3.48. The Morgan fingerprint density at radius 1 is 1.09 bits per heavy atom. The summed E-state index contributed by atoms with van der Waals surface area (Å²) in [5, 5.41) is 9.13. The van der Waals surface area contributed by atoms with E-state index in [-0.39, 0.29) is 12.7 Å². The van der Waals surface area contributed by atoms with Gasteiger partial charge in [0.2, 0.25) is 6.79 Å². The lowest BCUT2D eigenvalue weighted by atomic mass is 10.1. The number of aromatic nitrogens is 3. The third-order valence-corrected chi connectivity index (χ3v) is 5.20. The van der Waals surface area contributed by atoms with Crippen molar-refractivity contribution in [3.8, 4) is 22.8 Å². The summed E-state index contributed by atoms with van der Waals surface area (Å²) in [6.45, 7) is 0.551.